The van der Waals surface area contributed by atoms with Crippen molar-refractivity contribution in [2.75, 3.05) is 58.5 Å². The lowest BCUT2D eigenvalue weighted by Crippen LogP contribution is -2.29. The predicted molar refractivity (Wildman–Crippen MR) is 118 cm³/mol. The number of amides is 1. The fourth-order valence-electron chi connectivity index (χ4n) is 3.01. The van der Waals surface area contributed by atoms with E-state index in [0.717, 1.165) is 17.1 Å². The number of benzene rings is 1. The number of carbonyl (C=O) groups is 1. The Hall–Kier alpha value is -3.20. The number of rotatable bonds is 11. The number of ether oxygens (including phenoxy) is 3. The van der Waals surface area contributed by atoms with Crippen LogP contribution in [0.2, 0.25) is 0 Å². The topological polar surface area (TPSA) is 89.4 Å². The first kappa shape index (κ1) is 22.5. The van der Waals surface area contributed by atoms with Gasteiger partial charge in [-0.05, 0) is 12.5 Å². The highest BCUT2D eigenvalue weighted by molar-refractivity contribution is 5.79. The summed E-state index contributed by atoms with van der Waals surface area (Å²) in [5.41, 5.74) is 2.97. The Balaban J connectivity index is 1.68. The standard InChI is InChI=1S/C22H29N5O4/c1-17-5-4-6-18(13-17)15-23-16-19-14-20(26(2)7-10-29-3)25-21(24-19)30-11-8-27-9-12-31-22(27)28/h4-6,13-15H,7-12,16H2,1-3H3. The van der Waals surface area contributed by atoms with Gasteiger partial charge >= 0.3 is 12.1 Å². The third kappa shape index (κ3) is 6.92. The number of hydrogen-bond donors (Lipinski definition) is 0. The molecule has 0 spiro atoms. The van der Waals surface area contributed by atoms with E-state index in [1.807, 2.05) is 36.4 Å². The lowest BCUT2D eigenvalue weighted by molar-refractivity contribution is 0.152. The highest BCUT2D eigenvalue weighted by atomic mass is 16.6. The summed E-state index contributed by atoms with van der Waals surface area (Å²) in [5, 5.41) is 0. The molecule has 9 heteroatoms. The zero-order valence-corrected chi connectivity index (χ0v) is 18.3. The van der Waals surface area contributed by atoms with Crippen molar-refractivity contribution in [1.82, 2.24) is 14.9 Å². The monoisotopic (exact) mass is 427 g/mol. The van der Waals surface area contributed by atoms with Gasteiger partial charge in [0, 0.05) is 33.0 Å². The summed E-state index contributed by atoms with van der Waals surface area (Å²) in [7, 11) is 3.60. The van der Waals surface area contributed by atoms with E-state index in [9.17, 15) is 4.79 Å². The van der Waals surface area contributed by atoms with Gasteiger partial charge in [-0.25, -0.2) is 4.79 Å². The van der Waals surface area contributed by atoms with Gasteiger partial charge in [-0.3, -0.25) is 4.99 Å². The van der Waals surface area contributed by atoms with E-state index >= 15 is 0 Å². The van der Waals surface area contributed by atoms with Gasteiger partial charge < -0.3 is 24.0 Å². The summed E-state index contributed by atoms with van der Waals surface area (Å²) in [6, 6.07) is 10.3. The van der Waals surface area contributed by atoms with Gasteiger partial charge in [-0.1, -0.05) is 29.8 Å². The molecule has 0 aliphatic carbocycles. The molecule has 1 aromatic heterocycles. The van der Waals surface area contributed by atoms with Crippen LogP contribution in [0, 0.1) is 6.92 Å². The minimum Gasteiger partial charge on any atom is -0.462 e. The van der Waals surface area contributed by atoms with Crippen LogP contribution in [0.15, 0.2) is 35.3 Å². The lowest BCUT2D eigenvalue weighted by Gasteiger charge is -2.19. The molecule has 1 saturated heterocycles. The zero-order valence-electron chi connectivity index (χ0n) is 18.3. The molecular weight excluding hydrogens is 398 g/mol. The molecule has 0 atom stereocenters. The van der Waals surface area contributed by atoms with Gasteiger partial charge in [0.25, 0.3) is 0 Å². The average Bonchev–Trinajstić information content (AvgIpc) is 3.16. The number of aryl methyl sites for hydroxylation is 1. The molecule has 0 bridgehead atoms. The molecule has 0 saturated carbocycles. The summed E-state index contributed by atoms with van der Waals surface area (Å²) < 4.78 is 15.8. The van der Waals surface area contributed by atoms with E-state index in [4.69, 9.17) is 14.2 Å². The Morgan fingerprint density at radius 1 is 1.29 bits per heavy atom. The molecule has 1 fully saturated rings. The average molecular weight is 428 g/mol. The maximum Gasteiger partial charge on any atom is 0.410 e. The number of methoxy groups -OCH3 is 1. The molecule has 0 N–H and O–H groups in total. The largest absolute Gasteiger partial charge is 0.462 e. The molecule has 0 radical (unpaired) electrons. The van der Waals surface area contributed by atoms with Crippen LogP contribution in [0.5, 0.6) is 6.01 Å². The van der Waals surface area contributed by atoms with Crippen molar-refractivity contribution in [3.05, 3.63) is 47.2 Å². The minimum atomic E-state index is -0.316. The molecule has 9 nitrogen and oxygen atoms in total. The maximum atomic E-state index is 11.6. The van der Waals surface area contributed by atoms with Crippen molar-refractivity contribution in [3.63, 3.8) is 0 Å². The number of anilines is 1. The number of aromatic nitrogens is 2. The van der Waals surface area contributed by atoms with E-state index in [1.54, 1.807) is 12.0 Å². The molecule has 2 aromatic rings. The van der Waals surface area contributed by atoms with Gasteiger partial charge in [0.05, 0.1) is 31.9 Å². The summed E-state index contributed by atoms with van der Waals surface area (Å²) in [5.74, 6) is 0.725. The summed E-state index contributed by atoms with van der Waals surface area (Å²) >= 11 is 0. The van der Waals surface area contributed by atoms with E-state index < -0.39 is 0 Å². The summed E-state index contributed by atoms with van der Waals surface area (Å²) in [4.78, 5) is 28.6. The molecular formula is C22H29N5O4. The SMILES string of the molecule is COCCN(C)c1cc(CN=Cc2cccc(C)c2)nc(OCCN2CCOC2=O)n1. The Morgan fingerprint density at radius 2 is 2.16 bits per heavy atom. The number of nitrogens with zero attached hydrogens (tertiary/aromatic N) is 5. The first-order valence-corrected chi connectivity index (χ1v) is 10.2. The number of aliphatic imine (C=N–C) groups is 1. The number of cyclic esters (lactones) is 1. The van der Waals surface area contributed by atoms with Crippen molar-refractivity contribution in [3.8, 4) is 6.01 Å². The third-order valence-electron chi connectivity index (χ3n) is 4.74. The van der Waals surface area contributed by atoms with E-state index in [1.165, 1.54) is 5.56 Å². The molecule has 1 aliphatic rings. The Morgan fingerprint density at radius 3 is 2.90 bits per heavy atom. The van der Waals surface area contributed by atoms with Gasteiger partial charge in [-0.2, -0.15) is 9.97 Å². The van der Waals surface area contributed by atoms with Gasteiger partial charge in [0.1, 0.15) is 19.0 Å². The highest BCUT2D eigenvalue weighted by Crippen LogP contribution is 2.16. The quantitative estimate of drug-likeness (QED) is 0.509. The van der Waals surface area contributed by atoms with Crippen LogP contribution in [-0.4, -0.2) is 80.8 Å². The van der Waals surface area contributed by atoms with E-state index in [2.05, 4.69) is 34.0 Å². The van der Waals surface area contributed by atoms with Crippen LogP contribution < -0.4 is 9.64 Å². The van der Waals surface area contributed by atoms with Gasteiger partial charge in [0.15, 0.2) is 0 Å². The Labute approximate surface area is 182 Å². The third-order valence-corrected chi connectivity index (χ3v) is 4.74. The second kappa shape index (κ2) is 11.3. The fraction of sp³-hybridized carbons (Fsp3) is 0.455. The van der Waals surface area contributed by atoms with Gasteiger partial charge in [0.2, 0.25) is 0 Å². The fourth-order valence-corrected chi connectivity index (χ4v) is 3.01. The smallest absolute Gasteiger partial charge is 0.410 e. The second-order valence-electron chi connectivity index (χ2n) is 7.25. The first-order valence-electron chi connectivity index (χ1n) is 10.2. The van der Waals surface area contributed by atoms with Crippen molar-refractivity contribution in [2.24, 2.45) is 4.99 Å². The van der Waals surface area contributed by atoms with Crippen molar-refractivity contribution in [1.29, 1.82) is 0 Å². The van der Waals surface area contributed by atoms with Crippen LogP contribution >= 0.6 is 0 Å². The van der Waals surface area contributed by atoms with Crippen LogP contribution in [0.1, 0.15) is 16.8 Å². The second-order valence-corrected chi connectivity index (χ2v) is 7.25. The molecule has 1 aromatic carbocycles. The van der Waals surface area contributed by atoms with Gasteiger partial charge in [-0.15, -0.1) is 0 Å². The molecule has 1 aliphatic heterocycles. The number of carbonyl (C=O) groups excluding carboxylic acids is 1. The Bertz CT molecular complexity index is 905. The minimum absolute atomic E-state index is 0.259. The molecule has 2 heterocycles. The molecule has 0 unspecified atom stereocenters. The number of hydrogen-bond acceptors (Lipinski definition) is 8. The molecule has 166 valence electrons. The zero-order chi connectivity index (χ0) is 22.1. The maximum absolute atomic E-state index is 11.6. The molecule has 1 amide bonds. The normalized spacial score (nSPS) is 13.6. The summed E-state index contributed by atoms with van der Waals surface area (Å²) in [6.07, 6.45) is 1.52. The van der Waals surface area contributed by atoms with Crippen molar-refractivity contribution in [2.45, 2.75) is 13.5 Å². The Kier molecular flexibility index (Phi) is 8.17. The van der Waals surface area contributed by atoms with Crippen LogP contribution in [0.4, 0.5) is 10.6 Å². The van der Waals surface area contributed by atoms with Crippen LogP contribution in [0.3, 0.4) is 0 Å². The predicted octanol–water partition coefficient (Wildman–Crippen LogP) is 2.32. The van der Waals surface area contributed by atoms with E-state index in [-0.39, 0.29) is 18.7 Å². The van der Waals surface area contributed by atoms with E-state index in [0.29, 0.717) is 39.4 Å². The molecule has 3 rings (SSSR count). The lowest BCUT2D eigenvalue weighted by atomic mass is 10.1. The van der Waals surface area contributed by atoms with Crippen LogP contribution in [0.25, 0.3) is 0 Å². The van der Waals surface area contributed by atoms with Crippen molar-refractivity contribution < 1.29 is 19.0 Å². The summed E-state index contributed by atoms with van der Waals surface area (Å²) in [6.45, 7) is 5.40. The number of likely N-dealkylation sites (N-methyl/N-ethyl adjacent to an activating group) is 1. The molecule has 31 heavy (non-hydrogen) atoms. The first-order chi connectivity index (χ1) is 15.0. The highest BCUT2D eigenvalue weighted by Gasteiger charge is 2.21. The van der Waals surface area contributed by atoms with Crippen molar-refractivity contribution >= 4 is 18.1 Å². The van der Waals surface area contributed by atoms with Crippen LogP contribution in [-0.2, 0) is 16.0 Å².